The molecule has 5 N–H and O–H groups in total. The van der Waals surface area contributed by atoms with Gasteiger partial charge < -0.3 is 30.2 Å². The van der Waals surface area contributed by atoms with Crippen molar-refractivity contribution in [2.24, 2.45) is 5.73 Å². The van der Waals surface area contributed by atoms with Gasteiger partial charge in [-0.1, -0.05) is 25.3 Å². The monoisotopic (exact) mass is 391 g/mol. The number of hydrogen-bond donors (Lipinski definition) is 4. The van der Waals surface area contributed by atoms with Crippen LogP contribution < -0.4 is 10.5 Å². The summed E-state index contributed by atoms with van der Waals surface area (Å²) in [4.78, 5) is 0. The number of nitrogens with two attached hydrogens (primary N) is 1. The molecular formula is C22H33NO5. The molecule has 0 aliphatic heterocycles. The highest BCUT2D eigenvalue weighted by Crippen LogP contribution is 2.27. The maximum atomic E-state index is 9.87. The van der Waals surface area contributed by atoms with E-state index >= 15 is 0 Å². The average Bonchev–Trinajstić information content (AvgIpc) is 3.16. The molecule has 0 aliphatic carbocycles. The van der Waals surface area contributed by atoms with Gasteiger partial charge in [-0.3, -0.25) is 0 Å². The lowest BCUT2D eigenvalue weighted by atomic mass is 10.1. The van der Waals surface area contributed by atoms with Crippen molar-refractivity contribution in [1.82, 2.24) is 0 Å². The SMILES string of the molecule is NCCCCCCCc1ccc(CCc2ccc(O)c(OC[C@H](O)CO)c2)o1. The summed E-state index contributed by atoms with van der Waals surface area (Å²) in [5.41, 5.74) is 6.51. The molecule has 156 valence electrons. The fourth-order valence-corrected chi connectivity index (χ4v) is 3.00. The third kappa shape index (κ3) is 7.92. The number of hydrogen-bond acceptors (Lipinski definition) is 6. The smallest absolute Gasteiger partial charge is 0.161 e. The highest BCUT2D eigenvalue weighted by molar-refractivity contribution is 5.42. The van der Waals surface area contributed by atoms with Crippen molar-refractivity contribution in [3.8, 4) is 11.5 Å². The Morgan fingerprint density at radius 3 is 2.39 bits per heavy atom. The van der Waals surface area contributed by atoms with Crippen molar-refractivity contribution in [3.63, 3.8) is 0 Å². The van der Waals surface area contributed by atoms with Crippen molar-refractivity contribution in [3.05, 3.63) is 47.4 Å². The number of unbranched alkanes of at least 4 members (excludes halogenated alkanes) is 4. The first kappa shape index (κ1) is 22.3. The van der Waals surface area contributed by atoms with Crippen molar-refractivity contribution in [2.75, 3.05) is 19.8 Å². The zero-order chi connectivity index (χ0) is 20.2. The van der Waals surface area contributed by atoms with E-state index in [-0.39, 0.29) is 19.0 Å². The normalized spacial score (nSPS) is 12.2. The Morgan fingerprint density at radius 1 is 0.929 bits per heavy atom. The molecule has 0 aliphatic rings. The Kier molecular flexibility index (Phi) is 9.90. The summed E-state index contributed by atoms with van der Waals surface area (Å²) in [6.45, 7) is 0.330. The summed E-state index contributed by atoms with van der Waals surface area (Å²) in [6.07, 6.45) is 7.40. The second-order valence-electron chi connectivity index (χ2n) is 7.12. The van der Waals surface area contributed by atoms with Crippen molar-refractivity contribution < 1.29 is 24.5 Å². The van der Waals surface area contributed by atoms with Gasteiger partial charge in [-0.25, -0.2) is 0 Å². The van der Waals surface area contributed by atoms with Gasteiger partial charge in [-0.15, -0.1) is 0 Å². The summed E-state index contributed by atoms with van der Waals surface area (Å²) in [5, 5.41) is 28.1. The van der Waals surface area contributed by atoms with Crippen LogP contribution in [0.3, 0.4) is 0 Å². The molecule has 0 radical (unpaired) electrons. The molecule has 2 rings (SSSR count). The van der Waals surface area contributed by atoms with Crippen LogP contribution in [0.1, 0.15) is 49.2 Å². The molecule has 0 saturated heterocycles. The van der Waals surface area contributed by atoms with Crippen molar-refractivity contribution >= 4 is 0 Å². The van der Waals surface area contributed by atoms with Crippen LogP contribution in [0.2, 0.25) is 0 Å². The van der Waals surface area contributed by atoms with Gasteiger partial charge in [0.2, 0.25) is 0 Å². The average molecular weight is 392 g/mol. The first-order chi connectivity index (χ1) is 13.6. The Hall–Kier alpha value is -2.02. The third-order valence-electron chi connectivity index (χ3n) is 4.67. The van der Waals surface area contributed by atoms with Crippen LogP contribution in [-0.4, -0.2) is 41.2 Å². The number of aliphatic hydroxyl groups excluding tert-OH is 2. The molecule has 1 aromatic carbocycles. The molecular weight excluding hydrogens is 358 g/mol. The number of ether oxygens (including phenoxy) is 1. The van der Waals surface area contributed by atoms with Crippen molar-refractivity contribution in [2.45, 2.75) is 57.5 Å². The molecule has 6 nitrogen and oxygen atoms in total. The van der Waals surface area contributed by atoms with E-state index in [1.165, 1.54) is 19.3 Å². The maximum absolute atomic E-state index is 9.87. The minimum atomic E-state index is -0.967. The lowest BCUT2D eigenvalue weighted by Gasteiger charge is -2.12. The van der Waals surface area contributed by atoms with Gasteiger partial charge in [0, 0.05) is 12.8 Å². The first-order valence-corrected chi connectivity index (χ1v) is 10.1. The number of phenolic OH excluding ortho intramolecular Hbond substituents is 1. The Labute approximate surface area is 166 Å². The number of aliphatic hydroxyl groups is 2. The van der Waals surface area contributed by atoms with Gasteiger partial charge in [0.25, 0.3) is 0 Å². The molecule has 1 aromatic heterocycles. The quantitative estimate of drug-likeness (QED) is 0.369. The first-order valence-electron chi connectivity index (χ1n) is 10.1. The van der Waals surface area contributed by atoms with Crippen LogP contribution in [-0.2, 0) is 19.3 Å². The zero-order valence-corrected chi connectivity index (χ0v) is 16.5. The number of furan rings is 1. The van der Waals surface area contributed by atoms with Crippen LogP contribution in [0.25, 0.3) is 0 Å². The maximum Gasteiger partial charge on any atom is 0.161 e. The predicted octanol–water partition coefficient (Wildman–Crippen LogP) is 2.95. The van der Waals surface area contributed by atoms with Gasteiger partial charge in [-0.05, 0) is 55.6 Å². The van der Waals surface area contributed by atoms with Crippen LogP contribution in [0, 0.1) is 0 Å². The fraction of sp³-hybridized carbons (Fsp3) is 0.545. The minimum Gasteiger partial charge on any atom is -0.504 e. The molecule has 2 aromatic rings. The fourth-order valence-electron chi connectivity index (χ4n) is 3.00. The van der Waals surface area contributed by atoms with Gasteiger partial charge in [0.15, 0.2) is 11.5 Å². The molecule has 0 spiro atoms. The topological polar surface area (TPSA) is 109 Å². The Balaban J connectivity index is 1.77. The van der Waals surface area contributed by atoms with E-state index in [1.54, 1.807) is 12.1 Å². The molecule has 0 fully saturated rings. The van der Waals surface area contributed by atoms with E-state index in [2.05, 4.69) is 6.07 Å². The summed E-state index contributed by atoms with van der Waals surface area (Å²) in [5.74, 6) is 2.30. The summed E-state index contributed by atoms with van der Waals surface area (Å²) < 4.78 is 11.3. The van der Waals surface area contributed by atoms with Gasteiger partial charge in [-0.2, -0.15) is 0 Å². The molecule has 0 bridgehead atoms. The van der Waals surface area contributed by atoms with E-state index in [1.807, 2.05) is 12.1 Å². The van der Waals surface area contributed by atoms with E-state index in [9.17, 15) is 10.2 Å². The second kappa shape index (κ2) is 12.4. The molecule has 1 heterocycles. The molecule has 0 unspecified atom stereocenters. The van der Waals surface area contributed by atoms with E-state index in [4.69, 9.17) is 20.0 Å². The zero-order valence-electron chi connectivity index (χ0n) is 16.5. The van der Waals surface area contributed by atoms with E-state index in [0.717, 1.165) is 55.7 Å². The van der Waals surface area contributed by atoms with Crippen LogP contribution in [0.4, 0.5) is 0 Å². The summed E-state index contributed by atoms with van der Waals surface area (Å²) >= 11 is 0. The molecule has 1 atom stereocenters. The van der Waals surface area contributed by atoms with Gasteiger partial charge in [0.05, 0.1) is 6.61 Å². The van der Waals surface area contributed by atoms with Gasteiger partial charge in [0.1, 0.15) is 24.2 Å². The minimum absolute atomic E-state index is 0.0145. The van der Waals surface area contributed by atoms with E-state index < -0.39 is 6.10 Å². The molecule has 0 saturated carbocycles. The van der Waals surface area contributed by atoms with Crippen LogP contribution in [0.15, 0.2) is 34.7 Å². The van der Waals surface area contributed by atoms with Crippen LogP contribution in [0.5, 0.6) is 11.5 Å². The van der Waals surface area contributed by atoms with Crippen LogP contribution >= 0.6 is 0 Å². The highest BCUT2D eigenvalue weighted by Gasteiger charge is 2.09. The lowest BCUT2D eigenvalue weighted by Crippen LogP contribution is -2.21. The number of phenols is 1. The molecule has 6 heteroatoms. The second-order valence-corrected chi connectivity index (χ2v) is 7.12. The number of rotatable bonds is 14. The number of aryl methyl sites for hydroxylation is 3. The van der Waals surface area contributed by atoms with Gasteiger partial charge >= 0.3 is 0 Å². The predicted molar refractivity (Wildman–Crippen MR) is 109 cm³/mol. The number of aromatic hydroxyl groups is 1. The van der Waals surface area contributed by atoms with Crippen molar-refractivity contribution in [1.29, 1.82) is 0 Å². The molecule has 0 amide bonds. The third-order valence-corrected chi connectivity index (χ3v) is 4.67. The lowest BCUT2D eigenvalue weighted by molar-refractivity contribution is 0.0527. The molecule has 28 heavy (non-hydrogen) atoms. The number of benzene rings is 1. The summed E-state index contributed by atoms with van der Waals surface area (Å²) in [7, 11) is 0. The highest BCUT2D eigenvalue weighted by atomic mass is 16.5. The largest absolute Gasteiger partial charge is 0.504 e. The Morgan fingerprint density at radius 2 is 1.64 bits per heavy atom. The Bertz CT molecular complexity index is 685. The standard InChI is InChI=1S/C22H33NO5/c23-13-5-3-1-2-4-6-19-10-11-20(28-19)9-7-17-8-12-21(26)22(14-17)27-16-18(25)15-24/h8,10-12,14,18,24-26H,1-7,9,13,15-16,23H2/t18-/m1/s1. The van der Waals surface area contributed by atoms with E-state index in [0.29, 0.717) is 5.75 Å². The summed E-state index contributed by atoms with van der Waals surface area (Å²) in [6, 6.07) is 9.25.